The molecular formula is C19H39IN4O3. The number of aliphatic imine (C=N–C) groups is 1. The van der Waals surface area contributed by atoms with Crippen LogP contribution in [0.3, 0.4) is 0 Å². The lowest BCUT2D eigenvalue weighted by Crippen LogP contribution is -2.44. The van der Waals surface area contributed by atoms with Crippen LogP contribution < -0.4 is 10.6 Å². The molecule has 0 radical (unpaired) electrons. The third-order valence-electron chi connectivity index (χ3n) is 4.07. The first-order chi connectivity index (χ1) is 12.4. The Bertz CT molecular complexity index is 422. The van der Waals surface area contributed by atoms with Crippen LogP contribution in [0.4, 0.5) is 0 Å². The monoisotopic (exact) mass is 498 g/mol. The molecule has 2 N–H and O–H groups in total. The Balaban J connectivity index is 0.00000676. The van der Waals surface area contributed by atoms with Gasteiger partial charge in [0.05, 0.1) is 13.2 Å². The van der Waals surface area contributed by atoms with Crippen molar-refractivity contribution < 1.29 is 14.3 Å². The van der Waals surface area contributed by atoms with Crippen LogP contribution >= 0.6 is 24.0 Å². The van der Waals surface area contributed by atoms with Gasteiger partial charge < -0.3 is 20.1 Å². The molecule has 0 amide bonds. The second-order valence-electron chi connectivity index (χ2n) is 7.63. The van der Waals surface area contributed by atoms with Crippen molar-refractivity contribution in [3.8, 4) is 0 Å². The number of hydrogen-bond acceptors (Lipinski definition) is 5. The molecule has 7 nitrogen and oxygen atoms in total. The number of morpholine rings is 1. The first kappa shape index (κ1) is 26.4. The van der Waals surface area contributed by atoms with E-state index in [1.807, 2.05) is 20.8 Å². The summed E-state index contributed by atoms with van der Waals surface area (Å²) in [4.78, 5) is 18.3. The number of nitrogens with zero attached hydrogens (tertiary/aromatic N) is 2. The molecule has 1 fully saturated rings. The van der Waals surface area contributed by atoms with Crippen LogP contribution in [0.2, 0.25) is 0 Å². The maximum atomic E-state index is 11.6. The molecule has 1 aliphatic heterocycles. The predicted molar refractivity (Wildman–Crippen MR) is 121 cm³/mol. The van der Waals surface area contributed by atoms with Gasteiger partial charge in [0.25, 0.3) is 0 Å². The fourth-order valence-electron chi connectivity index (χ4n) is 2.73. The SMILES string of the molecule is CN=C(NCCCCCCC(=O)OC(C)(C)C)NCCN1CCOCC1.I. The smallest absolute Gasteiger partial charge is 0.306 e. The van der Waals surface area contributed by atoms with E-state index in [4.69, 9.17) is 9.47 Å². The van der Waals surface area contributed by atoms with Crippen LogP contribution in [0, 0.1) is 0 Å². The minimum Gasteiger partial charge on any atom is -0.460 e. The fourth-order valence-corrected chi connectivity index (χ4v) is 2.73. The van der Waals surface area contributed by atoms with Crippen LogP contribution in [-0.4, -0.2) is 75.4 Å². The zero-order valence-electron chi connectivity index (χ0n) is 17.5. The van der Waals surface area contributed by atoms with Crippen molar-refractivity contribution in [2.45, 2.75) is 58.5 Å². The number of halogens is 1. The molecule has 0 atom stereocenters. The maximum Gasteiger partial charge on any atom is 0.306 e. The molecule has 0 spiro atoms. The van der Waals surface area contributed by atoms with Crippen LogP contribution in [0.15, 0.2) is 4.99 Å². The summed E-state index contributed by atoms with van der Waals surface area (Å²) in [5, 5.41) is 6.69. The number of carbonyl (C=O) groups excluding carboxylic acids is 1. The molecule has 1 aliphatic rings. The molecule has 0 aromatic rings. The Kier molecular flexibility index (Phi) is 15.0. The van der Waals surface area contributed by atoms with Gasteiger partial charge in [-0.3, -0.25) is 14.7 Å². The van der Waals surface area contributed by atoms with Crippen molar-refractivity contribution in [3.05, 3.63) is 0 Å². The normalized spacial score (nSPS) is 15.8. The lowest BCUT2D eigenvalue weighted by Gasteiger charge is -2.26. The van der Waals surface area contributed by atoms with E-state index in [1.54, 1.807) is 7.05 Å². The minimum absolute atomic E-state index is 0. The van der Waals surface area contributed by atoms with E-state index in [2.05, 4.69) is 20.5 Å². The number of esters is 1. The highest BCUT2D eigenvalue weighted by atomic mass is 127. The van der Waals surface area contributed by atoms with E-state index in [0.29, 0.717) is 6.42 Å². The number of nitrogens with one attached hydrogen (secondary N) is 2. The summed E-state index contributed by atoms with van der Waals surface area (Å²) in [6, 6.07) is 0. The van der Waals surface area contributed by atoms with Crippen LogP contribution in [0.25, 0.3) is 0 Å². The van der Waals surface area contributed by atoms with Crippen molar-refractivity contribution in [1.29, 1.82) is 0 Å². The van der Waals surface area contributed by atoms with E-state index in [0.717, 1.165) is 77.6 Å². The van der Waals surface area contributed by atoms with Gasteiger partial charge in [0.1, 0.15) is 5.60 Å². The highest BCUT2D eigenvalue weighted by molar-refractivity contribution is 14.0. The number of carbonyl (C=O) groups is 1. The Morgan fingerprint density at radius 2 is 1.70 bits per heavy atom. The third-order valence-corrected chi connectivity index (χ3v) is 4.07. The van der Waals surface area contributed by atoms with E-state index in [1.165, 1.54) is 0 Å². The zero-order valence-corrected chi connectivity index (χ0v) is 19.8. The molecule has 27 heavy (non-hydrogen) atoms. The van der Waals surface area contributed by atoms with Gasteiger partial charge >= 0.3 is 5.97 Å². The average Bonchev–Trinajstić information content (AvgIpc) is 2.58. The largest absolute Gasteiger partial charge is 0.460 e. The van der Waals surface area contributed by atoms with Gasteiger partial charge in [0.2, 0.25) is 0 Å². The molecule has 0 saturated carbocycles. The summed E-state index contributed by atoms with van der Waals surface area (Å²) in [5.41, 5.74) is -0.383. The lowest BCUT2D eigenvalue weighted by molar-refractivity contribution is -0.154. The molecule has 1 saturated heterocycles. The standard InChI is InChI=1S/C19H38N4O3.HI/c1-19(2,3)26-17(24)9-7-5-6-8-10-21-18(20-4)22-11-12-23-13-15-25-16-14-23;/h5-16H2,1-4H3,(H2,20,21,22);1H. The number of rotatable bonds is 10. The van der Waals surface area contributed by atoms with E-state index < -0.39 is 0 Å². The molecule has 0 bridgehead atoms. The second kappa shape index (κ2) is 15.3. The van der Waals surface area contributed by atoms with Gasteiger partial charge in [0.15, 0.2) is 5.96 Å². The molecule has 8 heteroatoms. The highest BCUT2D eigenvalue weighted by Crippen LogP contribution is 2.10. The molecule has 0 aromatic carbocycles. The van der Waals surface area contributed by atoms with Gasteiger partial charge in [-0.15, -0.1) is 24.0 Å². The fraction of sp³-hybridized carbons (Fsp3) is 0.895. The first-order valence-electron chi connectivity index (χ1n) is 9.87. The maximum absolute atomic E-state index is 11.6. The summed E-state index contributed by atoms with van der Waals surface area (Å²) < 4.78 is 10.7. The van der Waals surface area contributed by atoms with Crippen molar-refractivity contribution in [2.24, 2.45) is 4.99 Å². The van der Waals surface area contributed by atoms with Crippen LogP contribution in [0.1, 0.15) is 52.9 Å². The van der Waals surface area contributed by atoms with Gasteiger partial charge in [-0.2, -0.15) is 0 Å². The number of ether oxygens (including phenoxy) is 2. The van der Waals surface area contributed by atoms with Gasteiger partial charge in [0, 0.05) is 46.2 Å². The van der Waals surface area contributed by atoms with E-state index in [9.17, 15) is 4.79 Å². The summed E-state index contributed by atoms with van der Waals surface area (Å²) in [6.07, 6.45) is 4.61. The number of guanidine groups is 1. The second-order valence-corrected chi connectivity index (χ2v) is 7.63. The summed E-state index contributed by atoms with van der Waals surface area (Å²) in [7, 11) is 1.80. The van der Waals surface area contributed by atoms with Crippen molar-refractivity contribution in [3.63, 3.8) is 0 Å². The van der Waals surface area contributed by atoms with E-state index >= 15 is 0 Å². The minimum atomic E-state index is -0.383. The Morgan fingerprint density at radius 3 is 2.33 bits per heavy atom. The third kappa shape index (κ3) is 15.0. The van der Waals surface area contributed by atoms with E-state index in [-0.39, 0.29) is 35.5 Å². The van der Waals surface area contributed by atoms with Gasteiger partial charge in [-0.25, -0.2) is 0 Å². The molecule has 1 heterocycles. The van der Waals surface area contributed by atoms with Crippen LogP contribution in [-0.2, 0) is 14.3 Å². The Morgan fingerprint density at radius 1 is 1.07 bits per heavy atom. The van der Waals surface area contributed by atoms with Crippen molar-refractivity contribution in [1.82, 2.24) is 15.5 Å². The van der Waals surface area contributed by atoms with Crippen molar-refractivity contribution >= 4 is 35.9 Å². The first-order valence-corrected chi connectivity index (χ1v) is 9.87. The summed E-state index contributed by atoms with van der Waals surface area (Å²) in [5.74, 6) is 0.757. The predicted octanol–water partition coefficient (Wildman–Crippen LogP) is 2.39. The lowest BCUT2D eigenvalue weighted by atomic mass is 10.1. The molecule has 160 valence electrons. The number of hydrogen-bond donors (Lipinski definition) is 2. The molecule has 0 unspecified atom stereocenters. The Labute approximate surface area is 182 Å². The molecule has 0 aliphatic carbocycles. The highest BCUT2D eigenvalue weighted by Gasteiger charge is 2.15. The molecule has 0 aromatic heterocycles. The summed E-state index contributed by atoms with van der Waals surface area (Å²) in [6.45, 7) is 12.2. The quantitative estimate of drug-likeness (QED) is 0.159. The van der Waals surface area contributed by atoms with Gasteiger partial charge in [-0.1, -0.05) is 12.8 Å². The van der Waals surface area contributed by atoms with Crippen molar-refractivity contribution in [2.75, 3.05) is 53.0 Å². The van der Waals surface area contributed by atoms with Crippen LogP contribution in [0.5, 0.6) is 0 Å². The van der Waals surface area contributed by atoms with Gasteiger partial charge in [-0.05, 0) is 33.6 Å². The summed E-state index contributed by atoms with van der Waals surface area (Å²) >= 11 is 0. The average molecular weight is 498 g/mol. The number of unbranched alkanes of at least 4 members (excludes halogenated alkanes) is 3. The Hall–Kier alpha value is -0.610. The molecule has 1 rings (SSSR count). The molecular weight excluding hydrogens is 459 g/mol. The topological polar surface area (TPSA) is 75.2 Å². The zero-order chi connectivity index (χ0) is 19.3.